The molecule has 2 aromatic carbocycles. The predicted molar refractivity (Wildman–Crippen MR) is 104 cm³/mol. The fraction of sp³-hybridized carbons (Fsp3) is 0.316. The maximum absolute atomic E-state index is 13.9. The first-order valence-corrected chi connectivity index (χ1v) is 10.9. The zero-order valence-electron chi connectivity index (χ0n) is 14.6. The molecule has 2 aromatic rings. The summed E-state index contributed by atoms with van der Waals surface area (Å²) in [6.45, 7) is 0.202. The SMILES string of the molecule is O=C(CCNS(=O)(=O)c1ccc(Br)cc1)N(Cc1ccccc1F)C1CC1. The van der Waals surface area contributed by atoms with E-state index in [2.05, 4.69) is 20.7 Å². The molecule has 27 heavy (non-hydrogen) atoms. The number of nitrogens with one attached hydrogen (secondary N) is 1. The van der Waals surface area contributed by atoms with Gasteiger partial charge in [-0.1, -0.05) is 34.1 Å². The van der Waals surface area contributed by atoms with Crippen molar-refractivity contribution in [2.24, 2.45) is 0 Å². The van der Waals surface area contributed by atoms with Crippen LogP contribution < -0.4 is 4.72 Å². The number of hydrogen-bond donors (Lipinski definition) is 1. The van der Waals surface area contributed by atoms with E-state index in [-0.39, 0.29) is 42.2 Å². The molecular formula is C19H20BrFN2O3S. The molecule has 1 fully saturated rings. The fourth-order valence-electron chi connectivity index (χ4n) is 2.75. The highest BCUT2D eigenvalue weighted by Crippen LogP contribution is 2.29. The zero-order chi connectivity index (χ0) is 19.4. The van der Waals surface area contributed by atoms with Gasteiger partial charge in [-0.25, -0.2) is 17.5 Å². The average Bonchev–Trinajstić information content (AvgIpc) is 3.46. The van der Waals surface area contributed by atoms with Crippen molar-refractivity contribution in [2.45, 2.75) is 36.7 Å². The summed E-state index contributed by atoms with van der Waals surface area (Å²) in [5.74, 6) is -0.522. The van der Waals surface area contributed by atoms with Gasteiger partial charge in [0.05, 0.1) is 4.90 Å². The van der Waals surface area contributed by atoms with Crippen molar-refractivity contribution < 1.29 is 17.6 Å². The van der Waals surface area contributed by atoms with Gasteiger partial charge in [-0.05, 0) is 43.2 Å². The maximum atomic E-state index is 13.9. The molecule has 1 amide bonds. The van der Waals surface area contributed by atoms with Crippen LogP contribution in [0.1, 0.15) is 24.8 Å². The minimum atomic E-state index is -3.67. The normalized spacial score (nSPS) is 14.1. The summed E-state index contributed by atoms with van der Waals surface area (Å²) in [5, 5.41) is 0. The molecule has 144 valence electrons. The van der Waals surface area contributed by atoms with Crippen LogP contribution in [0.3, 0.4) is 0 Å². The van der Waals surface area contributed by atoms with Crippen molar-refractivity contribution in [2.75, 3.05) is 6.54 Å². The van der Waals surface area contributed by atoms with Gasteiger partial charge in [0.25, 0.3) is 0 Å². The quantitative estimate of drug-likeness (QED) is 0.663. The third kappa shape index (κ3) is 5.37. The number of sulfonamides is 1. The van der Waals surface area contributed by atoms with Crippen molar-refractivity contribution in [3.8, 4) is 0 Å². The Morgan fingerprint density at radius 2 is 1.81 bits per heavy atom. The first-order valence-electron chi connectivity index (χ1n) is 8.65. The van der Waals surface area contributed by atoms with Gasteiger partial charge in [0.1, 0.15) is 5.82 Å². The standard InChI is InChI=1S/C19H20BrFN2O3S/c20-15-5-9-17(10-6-15)27(25,26)22-12-11-19(24)23(16-7-8-16)13-14-3-1-2-4-18(14)21/h1-6,9-10,16,22H,7-8,11-13H2. The molecule has 3 rings (SSSR count). The summed E-state index contributed by atoms with van der Waals surface area (Å²) in [6, 6.07) is 12.8. The predicted octanol–water partition coefficient (Wildman–Crippen LogP) is 3.45. The Balaban J connectivity index is 1.58. The number of halogens is 2. The van der Waals surface area contributed by atoms with E-state index in [1.165, 1.54) is 18.2 Å². The summed E-state index contributed by atoms with van der Waals surface area (Å²) in [7, 11) is -3.67. The van der Waals surface area contributed by atoms with E-state index in [1.807, 2.05) is 0 Å². The Bertz CT molecular complexity index is 915. The van der Waals surface area contributed by atoms with Crippen LogP contribution in [0.25, 0.3) is 0 Å². The van der Waals surface area contributed by atoms with Gasteiger partial charge in [-0.3, -0.25) is 4.79 Å². The van der Waals surface area contributed by atoms with E-state index in [0.717, 1.165) is 17.3 Å². The monoisotopic (exact) mass is 454 g/mol. The second-order valence-electron chi connectivity index (χ2n) is 6.45. The van der Waals surface area contributed by atoms with Crippen LogP contribution in [0.2, 0.25) is 0 Å². The average molecular weight is 455 g/mol. The lowest BCUT2D eigenvalue weighted by Crippen LogP contribution is -2.36. The molecule has 0 heterocycles. The summed E-state index contributed by atoms with van der Waals surface area (Å²) < 4.78 is 41.7. The van der Waals surface area contributed by atoms with E-state index in [9.17, 15) is 17.6 Å². The van der Waals surface area contributed by atoms with Crippen molar-refractivity contribution in [1.29, 1.82) is 0 Å². The maximum Gasteiger partial charge on any atom is 0.240 e. The van der Waals surface area contributed by atoms with E-state index in [4.69, 9.17) is 0 Å². The number of benzene rings is 2. The third-order valence-electron chi connectivity index (χ3n) is 4.36. The van der Waals surface area contributed by atoms with Gasteiger partial charge >= 0.3 is 0 Å². The molecule has 0 aromatic heterocycles. The number of rotatable bonds is 8. The minimum Gasteiger partial charge on any atom is -0.335 e. The molecule has 5 nitrogen and oxygen atoms in total. The molecule has 1 N–H and O–H groups in total. The van der Waals surface area contributed by atoms with E-state index in [0.29, 0.717) is 5.56 Å². The Hall–Kier alpha value is -1.77. The van der Waals surface area contributed by atoms with Gasteiger partial charge in [-0.2, -0.15) is 0 Å². The summed E-state index contributed by atoms with van der Waals surface area (Å²) in [4.78, 5) is 14.4. The number of carbonyl (C=O) groups is 1. The van der Waals surface area contributed by atoms with Crippen molar-refractivity contribution in [1.82, 2.24) is 9.62 Å². The van der Waals surface area contributed by atoms with E-state index in [1.54, 1.807) is 35.2 Å². The molecule has 1 aliphatic rings. The van der Waals surface area contributed by atoms with Crippen LogP contribution in [0.5, 0.6) is 0 Å². The van der Waals surface area contributed by atoms with Crippen LogP contribution in [0.4, 0.5) is 4.39 Å². The van der Waals surface area contributed by atoms with Crippen molar-refractivity contribution >= 4 is 31.9 Å². The fourth-order valence-corrected chi connectivity index (χ4v) is 4.05. The van der Waals surface area contributed by atoms with Crippen LogP contribution in [-0.2, 0) is 21.4 Å². The summed E-state index contributed by atoms with van der Waals surface area (Å²) >= 11 is 3.26. The number of hydrogen-bond acceptors (Lipinski definition) is 3. The van der Waals surface area contributed by atoms with Gasteiger partial charge < -0.3 is 4.90 Å². The second kappa shape index (κ2) is 8.50. The highest BCUT2D eigenvalue weighted by atomic mass is 79.9. The summed E-state index contributed by atoms with van der Waals surface area (Å²) in [6.07, 6.45) is 1.82. The van der Waals surface area contributed by atoms with Crippen LogP contribution >= 0.6 is 15.9 Å². The molecule has 1 saturated carbocycles. The largest absolute Gasteiger partial charge is 0.335 e. The minimum absolute atomic E-state index is 0.00226. The lowest BCUT2D eigenvalue weighted by molar-refractivity contribution is -0.132. The Morgan fingerprint density at radius 3 is 2.44 bits per heavy atom. The van der Waals surface area contributed by atoms with Gasteiger partial charge in [0.2, 0.25) is 15.9 Å². The number of carbonyl (C=O) groups excluding carboxylic acids is 1. The molecule has 0 spiro atoms. The van der Waals surface area contributed by atoms with Crippen molar-refractivity contribution in [3.05, 3.63) is 64.4 Å². The molecule has 0 atom stereocenters. The van der Waals surface area contributed by atoms with Crippen LogP contribution in [0.15, 0.2) is 57.9 Å². The first kappa shape index (κ1) is 20.0. The number of nitrogens with zero attached hydrogens (tertiary/aromatic N) is 1. The molecule has 0 aliphatic heterocycles. The highest BCUT2D eigenvalue weighted by Gasteiger charge is 2.32. The van der Waals surface area contributed by atoms with Gasteiger partial charge in [0, 0.05) is 35.6 Å². The Morgan fingerprint density at radius 1 is 1.15 bits per heavy atom. The van der Waals surface area contributed by atoms with Crippen LogP contribution in [0, 0.1) is 5.82 Å². The Labute approximate surface area is 166 Å². The molecule has 0 radical (unpaired) electrons. The molecular weight excluding hydrogens is 435 g/mol. The third-order valence-corrected chi connectivity index (χ3v) is 6.37. The van der Waals surface area contributed by atoms with Gasteiger partial charge in [0.15, 0.2) is 0 Å². The van der Waals surface area contributed by atoms with E-state index < -0.39 is 10.0 Å². The highest BCUT2D eigenvalue weighted by molar-refractivity contribution is 9.10. The van der Waals surface area contributed by atoms with Crippen LogP contribution in [-0.4, -0.2) is 31.8 Å². The van der Waals surface area contributed by atoms with Crippen molar-refractivity contribution in [3.63, 3.8) is 0 Å². The van der Waals surface area contributed by atoms with Gasteiger partial charge in [-0.15, -0.1) is 0 Å². The molecule has 0 unspecified atom stereocenters. The lowest BCUT2D eigenvalue weighted by atomic mass is 10.2. The Kier molecular flexibility index (Phi) is 6.29. The topological polar surface area (TPSA) is 66.5 Å². The lowest BCUT2D eigenvalue weighted by Gasteiger charge is -2.23. The molecule has 8 heteroatoms. The second-order valence-corrected chi connectivity index (χ2v) is 9.13. The zero-order valence-corrected chi connectivity index (χ0v) is 17.0. The smallest absolute Gasteiger partial charge is 0.240 e. The first-order chi connectivity index (χ1) is 12.9. The number of amides is 1. The molecule has 1 aliphatic carbocycles. The molecule has 0 saturated heterocycles. The molecule has 0 bridgehead atoms. The summed E-state index contributed by atoms with van der Waals surface area (Å²) in [5.41, 5.74) is 0.466. The van der Waals surface area contributed by atoms with E-state index >= 15 is 0 Å².